The third kappa shape index (κ3) is 5.08. The number of hydrogen-bond donors (Lipinski definition) is 1. The zero-order valence-corrected chi connectivity index (χ0v) is 17.6. The second-order valence-corrected chi connectivity index (χ2v) is 7.90. The summed E-state index contributed by atoms with van der Waals surface area (Å²) in [6.45, 7) is 4.28. The van der Waals surface area contributed by atoms with E-state index >= 15 is 0 Å². The molecule has 1 aromatic heterocycles. The fourth-order valence-electron chi connectivity index (χ4n) is 2.44. The van der Waals surface area contributed by atoms with Gasteiger partial charge in [-0.05, 0) is 30.3 Å². The molecule has 2 aromatic carbocycles. The summed E-state index contributed by atoms with van der Waals surface area (Å²) in [7, 11) is 0. The van der Waals surface area contributed by atoms with E-state index in [-0.39, 0.29) is 11.7 Å². The van der Waals surface area contributed by atoms with Gasteiger partial charge in [-0.2, -0.15) is 0 Å². The number of thioether (sulfide) groups is 1. The second-order valence-electron chi connectivity index (χ2n) is 5.68. The maximum Gasteiger partial charge on any atom is 0.234 e. The molecule has 1 heterocycles. The van der Waals surface area contributed by atoms with Gasteiger partial charge in [-0.1, -0.05) is 64.8 Å². The Kier molecular flexibility index (Phi) is 7.02. The molecule has 1 amide bonds. The quantitative estimate of drug-likeness (QED) is 0.361. The average Bonchev–Trinajstić information content (AvgIpc) is 3.06. The van der Waals surface area contributed by atoms with Crippen molar-refractivity contribution in [1.82, 2.24) is 14.8 Å². The van der Waals surface area contributed by atoms with Crippen LogP contribution in [0, 0.1) is 0 Å². The Morgan fingerprint density at radius 2 is 1.93 bits per heavy atom. The molecule has 0 atom stereocenters. The number of amides is 1. The predicted octanol–water partition coefficient (Wildman–Crippen LogP) is 5.82. The number of aromatic nitrogens is 3. The molecule has 0 bridgehead atoms. The molecular formula is C19H15Cl3N4OS. The third-order valence-corrected chi connectivity index (χ3v) is 5.41. The number of carbonyl (C=O) groups excluding carboxylic acids is 1. The Morgan fingerprint density at radius 3 is 2.68 bits per heavy atom. The highest BCUT2D eigenvalue weighted by atomic mass is 35.5. The first kappa shape index (κ1) is 20.7. The van der Waals surface area contributed by atoms with Crippen molar-refractivity contribution >= 4 is 58.2 Å². The van der Waals surface area contributed by atoms with Crippen molar-refractivity contribution in [1.29, 1.82) is 0 Å². The lowest BCUT2D eigenvalue weighted by atomic mass is 10.2. The number of hydrogen-bond acceptors (Lipinski definition) is 4. The smallest absolute Gasteiger partial charge is 0.234 e. The van der Waals surface area contributed by atoms with Crippen molar-refractivity contribution in [2.75, 3.05) is 11.1 Å². The molecule has 0 aliphatic heterocycles. The molecule has 0 spiro atoms. The first-order valence-corrected chi connectivity index (χ1v) is 10.3. The van der Waals surface area contributed by atoms with E-state index in [0.29, 0.717) is 38.3 Å². The summed E-state index contributed by atoms with van der Waals surface area (Å²) in [4.78, 5) is 12.3. The molecule has 5 nitrogen and oxygen atoms in total. The van der Waals surface area contributed by atoms with Gasteiger partial charge in [0.1, 0.15) is 0 Å². The minimum absolute atomic E-state index is 0.133. The molecule has 0 unspecified atom stereocenters. The normalized spacial score (nSPS) is 10.7. The van der Waals surface area contributed by atoms with Crippen molar-refractivity contribution in [3.63, 3.8) is 0 Å². The third-order valence-electron chi connectivity index (χ3n) is 3.65. The van der Waals surface area contributed by atoms with Crippen molar-refractivity contribution in [3.05, 3.63) is 70.2 Å². The van der Waals surface area contributed by atoms with Gasteiger partial charge in [0, 0.05) is 22.2 Å². The summed E-state index contributed by atoms with van der Waals surface area (Å²) in [5.74, 6) is 0.558. The van der Waals surface area contributed by atoms with Crippen molar-refractivity contribution in [2.45, 2.75) is 11.7 Å². The van der Waals surface area contributed by atoms with E-state index in [4.69, 9.17) is 34.8 Å². The largest absolute Gasteiger partial charge is 0.324 e. The van der Waals surface area contributed by atoms with Gasteiger partial charge in [0.2, 0.25) is 5.91 Å². The van der Waals surface area contributed by atoms with Crippen LogP contribution in [-0.2, 0) is 11.3 Å². The zero-order chi connectivity index (χ0) is 20.1. The van der Waals surface area contributed by atoms with Crippen LogP contribution in [0.15, 0.2) is 60.3 Å². The molecule has 0 saturated heterocycles. The SMILES string of the molecule is C=CCn1c(SCC(=O)Nc2cc(Cl)ccc2Cl)nnc1-c1cccc(Cl)c1. The Bertz CT molecular complexity index is 1020. The van der Waals surface area contributed by atoms with Crippen LogP contribution in [0.5, 0.6) is 0 Å². The van der Waals surface area contributed by atoms with Gasteiger partial charge >= 0.3 is 0 Å². The summed E-state index contributed by atoms with van der Waals surface area (Å²) in [6, 6.07) is 12.2. The Labute approximate surface area is 181 Å². The fraction of sp³-hybridized carbons (Fsp3) is 0.105. The summed E-state index contributed by atoms with van der Waals surface area (Å²) >= 11 is 19.4. The Balaban J connectivity index is 1.74. The monoisotopic (exact) mass is 452 g/mol. The summed E-state index contributed by atoms with van der Waals surface area (Å²) < 4.78 is 1.88. The molecule has 1 N–H and O–H groups in total. The topological polar surface area (TPSA) is 59.8 Å². The van der Waals surface area contributed by atoms with E-state index in [1.165, 1.54) is 11.8 Å². The van der Waals surface area contributed by atoms with Crippen LogP contribution in [0.1, 0.15) is 0 Å². The summed E-state index contributed by atoms with van der Waals surface area (Å²) in [5, 5.41) is 13.3. The number of benzene rings is 2. The van der Waals surface area contributed by atoms with Crippen molar-refractivity contribution in [2.24, 2.45) is 0 Å². The molecule has 0 aliphatic carbocycles. The highest BCUT2D eigenvalue weighted by molar-refractivity contribution is 7.99. The molecule has 3 aromatic rings. The van der Waals surface area contributed by atoms with E-state index in [1.54, 1.807) is 30.3 Å². The van der Waals surface area contributed by atoms with Crippen LogP contribution in [-0.4, -0.2) is 26.4 Å². The number of nitrogens with one attached hydrogen (secondary N) is 1. The van der Waals surface area contributed by atoms with Gasteiger partial charge < -0.3 is 5.32 Å². The van der Waals surface area contributed by atoms with Crippen molar-refractivity contribution in [3.8, 4) is 11.4 Å². The van der Waals surface area contributed by atoms with Crippen molar-refractivity contribution < 1.29 is 4.79 Å². The molecule has 0 fully saturated rings. The van der Waals surface area contributed by atoms with Crippen LogP contribution < -0.4 is 5.32 Å². The molecule has 0 radical (unpaired) electrons. The van der Waals surface area contributed by atoms with E-state index in [0.717, 1.165) is 5.56 Å². The van der Waals surface area contributed by atoms with Crippen LogP contribution in [0.3, 0.4) is 0 Å². The van der Waals surface area contributed by atoms with Gasteiger partial charge in [-0.15, -0.1) is 16.8 Å². The molecule has 3 rings (SSSR count). The molecule has 144 valence electrons. The Hall–Kier alpha value is -1.99. The minimum Gasteiger partial charge on any atom is -0.324 e. The molecule has 0 aliphatic rings. The highest BCUT2D eigenvalue weighted by Crippen LogP contribution is 2.28. The Morgan fingerprint density at radius 1 is 1.14 bits per heavy atom. The number of allylic oxidation sites excluding steroid dienone is 1. The van der Waals surface area contributed by atoms with Gasteiger partial charge in [0.15, 0.2) is 11.0 Å². The van der Waals surface area contributed by atoms with E-state index < -0.39 is 0 Å². The number of halogens is 3. The second kappa shape index (κ2) is 9.47. The standard InChI is InChI=1S/C19H15Cl3N4OS/c1-2-8-26-18(12-4-3-5-13(20)9-12)24-25-19(26)28-11-17(27)23-16-10-14(21)6-7-15(16)22/h2-7,9-10H,1,8,11H2,(H,23,27). The lowest BCUT2D eigenvalue weighted by molar-refractivity contribution is -0.113. The lowest BCUT2D eigenvalue weighted by Crippen LogP contribution is -2.15. The zero-order valence-electron chi connectivity index (χ0n) is 14.5. The van der Waals surface area contributed by atoms with Crippen LogP contribution >= 0.6 is 46.6 Å². The number of carbonyl (C=O) groups is 1. The first-order valence-electron chi connectivity index (χ1n) is 8.15. The lowest BCUT2D eigenvalue weighted by Gasteiger charge is -2.09. The maximum atomic E-state index is 12.3. The number of rotatable bonds is 7. The highest BCUT2D eigenvalue weighted by Gasteiger charge is 2.16. The van der Waals surface area contributed by atoms with Crippen LogP contribution in [0.4, 0.5) is 5.69 Å². The van der Waals surface area contributed by atoms with E-state index in [1.807, 2.05) is 22.8 Å². The van der Waals surface area contributed by atoms with Crippen LogP contribution in [0.2, 0.25) is 15.1 Å². The number of nitrogens with zero attached hydrogens (tertiary/aromatic N) is 3. The maximum absolute atomic E-state index is 12.3. The van der Waals surface area contributed by atoms with Gasteiger partial charge in [0.25, 0.3) is 0 Å². The summed E-state index contributed by atoms with van der Waals surface area (Å²) in [5.41, 5.74) is 1.30. The average molecular weight is 454 g/mol. The predicted molar refractivity (Wildman–Crippen MR) is 116 cm³/mol. The first-order chi connectivity index (χ1) is 13.5. The molecule has 28 heavy (non-hydrogen) atoms. The van der Waals surface area contributed by atoms with E-state index in [2.05, 4.69) is 22.1 Å². The van der Waals surface area contributed by atoms with Crippen LogP contribution in [0.25, 0.3) is 11.4 Å². The molecular weight excluding hydrogens is 439 g/mol. The summed E-state index contributed by atoms with van der Waals surface area (Å²) in [6.07, 6.45) is 1.74. The van der Waals surface area contributed by atoms with Gasteiger partial charge in [0.05, 0.1) is 16.5 Å². The minimum atomic E-state index is -0.230. The molecule has 9 heteroatoms. The fourth-order valence-corrected chi connectivity index (χ4v) is 3.71. The van der Waals surface area contributed by atoms with Gasteiger partial charge in [-0.3, -0.25) is 9.36 Å². The molecule has 0 saturated carbocycles. The van der Waals surface area contributed by atoms with E-state index in [9.17, 15) is 4.79 Å². The number of anilines is 1. The van der Waals surface area contributed by atoms with Gasteiger partial charge in [-0.25, -0.2) is 0 Å².